The number of rotatable bonds is 14. The Morgan fingerprint density at radius 2 is 1.53 bits per heavy atom. The van der Waals surface area contributed by atoms with Gasteiger partial charge in [0.25, 0.3) is 10.0 Å². The number of benzene rings is 4. The molecule has 0 aliphatic rings. The molecule has 4 aromatic rings. The maximum Gasteiger partial charge on any atom is 0.264 e. The molecule has 0 fully saturated rings. The van der Waals surface area contributed by atoms with Crippen LogP contribution < -0.4 is 14.4 Å². The van der Waals surface area contributed by atoms with Crippen LogP contribution in [-0.4, -0.2) is 51.4 Å². The van der Waals surface area contributed by atoms with Crippen molar-refractivity contribution >= 4 is 62.3 Å². The second kappa shape index (κ2) is 16.4. The van der Waals surface area contributed by atoms with Crippen LogP contribution in [0.5, 0.6) is 5.75 Å². The van der Waals surface area contributed by atoms with Crippen LogP contribution in [0.1, 0.15) is 30.0 Å². The molecule has 4 aromatic carbocycles. The van der Waals surface area contributed by atoms with Crippen molar-refractivity contribution in [2.45, 2.75) is 44.2 Å². The summed E-state index contributed by atoms with van der Waals surface area (Å²) in [6, 6.07) is 23.9. The van der Waals surface area contributed by atoms with Gasteiger partial charge in [-0.3, -0.25) is 13.9 Å². The number of aryl methyl sites for hydroxylation is 1. The number of anilines is 1. The summed E-state index contributed by atoms with van der Waals surface area (Å²) in [5.41, 5.74) is 2.23. The third-order valence-corrected chi connectivity index (χ3v) is 10.3. The Hall–Kier alpha value is -3.76. The first-order valence-electron chi connectivity index (χ1n) is 14.9. The topological polar surface area (TPSA) is 96.0 Å². The van der Waals surface area contributed by atoms with E-state index in [0.717, 1.165) is 15.4 Å². The number of carbonyl (C=O) groups is 2. The molecule has 8 nitrogen and oxygen atoms in total. The van der Waals surface area contributed by atoms with Gasteiger partial charge in [0.05, 0.1) is 22.7 Å². The molecule has 0 unspecified atom stereocenters. The van der Waals surface area contributed by atoms with E-state index >= 15 is 0 Å². The van der Waals surface area contributed by atoms with Crippen LogP contribution >= 0.6 is 34.8 Å². The molecule has 1 atom stereocenters. The second-order valence-corrected chi connectivity index (χ2v) is 13.9. The number of amides is 2. The Morgan fingerprint density at radius 3 is 2.13 bits per heavy atom. The molecule has 4 rings (SSSR count). The molecule has 12 heteroatoms. The molecular weight excluding hydrogens is 681 g/mol. The number of sulfonamides is 1. The summed E-state index contributed by atoms with van der Waals surface area (Å²) in [7, 11) is -2.87. The number of nitrogens with one attached hydrogen (secondary N) is 1. The summed E-state index contributed by atoms with van der Waals surface area (Å²) < 4.78 is 34.7. The summed E-state index contributed by atoms with van der Waals surface area (Å²) in [6.45, 7) is 3.34. The molecule has 248 valence electrons. The van der Waals surface area contributed by atoms with Crippen molar-refractivity contribution in [1.82, 2.24) is 10.2 Å². The monoisotopic (exact) mass is 715 g/mol. The molecule has 0 saturated carbocycles. The van der Waals surface area contributed by atoms with E-state index in [1.807, 2.05) is 44.2 Å². The van der Waals surface area contributed by atoms with Crippen LogP contribution in [0.25, 0.3) is 0 Å². The summed E-state index contributed by atoms with van der Waals surface area (Å²) >= 11 is 19.6. The van der Waals surface area contributed by atoms with Crippen LogP contribution in [0.3, 0.4) is 0 Å². The van der Waals surface area contributed by atoms with Crippen molar-refractivity contribution in [3.05, 3.63) is 123 Å². The molecule has 0 aromatic heterocycles. The van der Waals surface area contributed by atoms with E-state index in [2.05, 4.69) is 5.32 Å². The van der Waals surface area contributed by atoms with E-state index in [0.29, 0.717) is 34.3 Å². The fraction of sp³-hybridized carbons (Fsp3) is 0.257. The van der Waals surface area contributed by atoms with Gasteiger partial charge >= 0.3 is 0 Å². The molecule has 0 aliphatic carbocycles. The molecule has 47 heavy (non-hydrogen) atoms. The van der Waals surface area contributed by atoms with E-state index < -0.39 is 34.4 Å². The lowest BCUT2D eigenvalue weighted by atomic mass is 10.0. The van der Waals surface area contributed by atoms with Gasteiger partial charge in [0.1, 0.15) is 18.3 Å². The van der Waals surface area contributed by atoms with Gasteiger partial charge in [-0.2, -0.15) is 0 Å². The van der Waals surface area contributed by atoms with Crippen molar-refractivity contribution in [2.24, 2.45) is 0 Å². The smallest absolute Gasteiger partial charge is 0.264 e. The first-order chi connectivity index (χ1) is 22.5. The minimum Gasteiger partial charge on any atom is -0.495 e. The Kier molecular flexibility index (Phi) is 12.6. The number of nitrogens with zero attached hydrogens (tertiary/aromatic N) is 2. The van der Waals surface area contributed by atoms with Crippen molar-refractivity contribution < 1.29 is 22.7 Å². The number of carbonyl (C=O) groups excluding carboxylic acids is 2. The summed E-state index contributed by atoms with van der Waals surface area (Å²) in [5.74, 6) is -0.719. The third kappa shape index (κ3) is 8.99. The number of ether oxygens (including phenoxy) is 1. The highest BCUT2D eigenvalue weighted by Gasteiger charge is 2.35. The molecule has 0 heterocycles. The van der Waals surface area contributed by atoms with Gasteiger partial charge in [-0.05, 0) is 61.4 Å². The lowest BCUT2D eigenvalue weighted by molar-refractivity contribution is -0.140. The highest BCUT2D eigenvalue weighted by Crippen LogP contribution is 2.33. The molecular formula is C35H36Cl3N3O5S. The predicted molar refractivity (Wildman–Crippen MR) is 188 cm³/mol. The molecule has 0 bridgehead atoms. The van der Waals surface area contributed by atoms with E-state index in [4.69, 9.17) is 39.5 Å². The van der Waals surface area contributed by atoms with Gasteiger partial charge in [0.15, 0.2) is 0 Å². The van der Waals surface area contributed by atoms with E-state index in [1.165, 1.54) is 42.3 Å². The van der Waals surface area contributed by atoms with E-state index in [1.54, 1.807) is 30.3 Å². The second-order valence-electron chi connectivity index (χ2n) is 10.9. The first kappa shape index (κ1) is 36.1. The number of hydrogen-bond acceptors (Lipinski definition) is 5. The Labute approximate surface area is 291 Å². The van der Waals surface area contributed by atoms with Gasteiger partial charge in [0.2, 0.25) is 11.8 Å². The fourth-order valence-corrected chi connectivity index (χ4v) is 7.13. The largest absolute Gasteiger partial charge is 0.495 e. The number of hydrogen-bond donors (Lipinski definition) is 1. The van der Waals surface area contributed by atoms with Crippen molar-refractivity contribution in [2.75, 3.05) is 24.5 Å². The van der Waals surface area contributed by atoms with Gasteiger partial charge < -0.3 is 15.0 Å². The Morgan fingerprint density at radius 1 is 0.872 bits per heavy atom. The molecule has 0 spiro atoms. The van der Waals surface area contributed by atoms with E-state index in [9.17, 15) is 18.0 Å². The SMILES string of the molecule is CCCNC(=O)[C@H](Cc1ccccc1)N(Cc1c(Cl)cccc1Cl)C(=O)CN(c1ccc(OC)c(Cl)c1)S(=O)(=O)c1ccc(C)cc1. The zero-order valence-electron chi connectivity index (χ0n) is 26.3. The predicted octanol–water partition coefficient (Wildman–Crippen LogP) is 7.33. The zero-order chi connectivity index (χ0) is 34.1. The Bertz CT molecular complexity index is 1790. The number of methoxy groups -OCH3 is 1. The standard InChI is InChI=1S/C35H36Cl3N3O5S/c1-4-19-39-35(43)32(20-25-9-6-5-7-10-25)40(22-28-29(36)11-8-12-30(28)37)34(42)23-41(26-15-18-33(46-3)31(38)21-26)47(44,45)27-16-13-24(2)14-17-27/h5-18,21,32H,4,19-20,22-23H2,1-3H3,(H,39,43)/t32-/m0/s1. The van der Waals surface area contributed by atoms with Crippen LogP contribution in [-0.2, 0) is 32.6 Å². The quantitative estimate of drug-likeness (QED) is 0.148. The molecule has 0 aliphatic heterocycles. The normalized spacial score (nSPS) is 11.9. The lowest BCUT2D eigenvalue weighted by Gasteiger charge is -2.34. The number of halogens is 3. The van der Waals surface area contributed by atoms with Gasteiger partial charge in [-0.1, -0.05) is 95.8 Å². The molecule has 0 radical (unpaired) electrons. The fourth-order valence-electron chi connectivity index (χ4n) is 4.95. The van der Waals surface area contributed by atoms with Crippen molar-refractivity contribution in [3.8, 4) is 5.75 Å². The maximum atomic E-state index is 14.6. The molecule has 1 N–H and O–H groups in total. The Balaban J connectivity index is 1.85. The minimum absolute atomic E-state index is 0.0231. The average molecular weight is 717 g/mol. The third-order valence-electron chi connectivity index (χ3n) is 7.52. The van der Waals surface area contributed by atoms with Crippen LogP contribution in [0.2, 0.25) is 15.1 Å². The van der Waals surface area contributed by atoms with E-state index in [-0.39, 0.29) is 28.6 Å². The van der Waals surface area contributed by atoms with Gasteiger partial charge in [-0.25, -0.2) is 8.42 Å². The van der Waals surface area contributed by atoms with Crippen molar-refractivity contribution in [3.63, 3.8) is 0 Å². The van der Waals surface area contributed by atoms with Crippen LogP contribution in [0, 0.1) is 6.92 Å². The van der Waals surface area contributed by atoms with Crippen molar-refractivity contribution in [1.29, 1.82) is 0 Å². The summed E-state index contributed by atoms with van der Waals surface area (Å²) in [6.07, 6.45) is 0.832. The summed E-state index contributed by atoms with van der Waals surface area (Å²) in [5, 5.41) is 3.66. The molecule has 2 amide bonds. The molecule has 0 saturated heterocycles. The lowest BCUT2D eigenvalue weighted by Crippen LogP contribution is -2.53. The maximum absolute atomic E-state index is 14.6. The average Bonchev–Trinajstić information content (AvgIpc) is 3.05. The highest BCUT2D eigenvalue weighted by molar-refractivity contribution is 7.92. The first-order valence-corrected chi connectivity index (χ1v) is 17.5. The highest BCUT2D eigenvalue weighted by atomic mass is 35.5. The van der Waals surface area contributed by atoms with Gasteiger partial charge in [-0.15, -0.1) is 0 Å². The van der Waals surface area contributed by atoms with Gasteiger partial charge in [0, 0.05) is 35.1 Å². The van der Waals surface area contributed by atoms with Crippen LogP contribution in [0.15, 0.2) is 95.9 Å². The summed E-state index contributed by atoms with van der Waals surface area (Å²) in [4.78, 5) is 29.7. The zero-order valence-corrected chi connectivity index (χ0v) is 29.3. The van der Waals surface area contributed by atoms with Crippen LogP contribution in [0.4, 0.5) is 5.69 Å². The minimum atomic E-state index is -4.31.